The number of rotatable bonds is 7. The van der Waals surface area contributed by atoms with Gasteiger partial charge in [0.15, 0.2) is 6.61 Å². The van der Waals surface area contributed by atoms with Crippen molar-refractivity contribution >= 4 is 35.0 Å². The van der Waals surface area contributed by atoms with Crippen molar-refractivity contribution < 1.29 is 19.2 Å². The fourth-order valence-electron chi connectivity index (χ4n) is 2.18. The first kappa shape index (κ1) is 20.4. The molecule has 0 aromatic heterocycles. The Morgan fingerprint density at radius 1 is 1.07 bits per heavy atom. The minimum atomic E-state index is -0.553. The summed E-state index contributed by atoms with van der Waals surface area (Å²) in [5, 5.41) is 13.3. The molecule has 1 N–H and O–H groups in total. The molecule has 0 aliphatic rings. The van der Waals surface area contributed by atoms with E-state index in [2.05, 4.69) is 5.32 Å². The van der Waals surface area contributed by atoms with Crippen LogP contribution in [0, 0.1) is 30.9 Å². The van der Waals surface area contributed by atoms with E-state index in [1.54, 1.807) is 13.0 Å². The minimum Gasteiger partial charge on any atom is -0.455 e. The molecule has 0 heterocycles. The van der Waals surface area contributed by atoms with Crippen molar-refractivity contribution in [3.63, 3.8) is 0 Å². The second-order valence-corrected chi connectivity index (χ2v) is 7.05. The number of carbonyl (C=O) groups excluding carboxylic acids is 2. The monoisotopic (exact) mass is 388 g/mol. The number of esters is 1. The van der Waals surface area contributed by atoms with Gasteiger partial charge in [-0.2, -0.15) is 0 Å². The smallest absolute Gasteiger partial charge is 0.316 e. The quantitative estimate of drug-likeness (QED) is 0.335. The number of anilines is 1. The third kappa shape index (κ3) is 6.10. The predicted molar refractivity (Wildman–Crippen MR) is 104 cm³/mol. The molecule has 8 heteroatoms. The Morgan fingerprint density at radius 3 is 2.44 bits per heavy atom. The Hall–Kier alpha value is -2.87. The molecule has 7 nitrogen and oxygen atoms in total. The molecule has 0 unspecified atom stereocenters. The van der Waals surface area contributed by atoms with Crippen LogP contribution in [0.25, 0.3) is 0 Å². The van der Waals surface area contributed by atoms with Crippen molar-refractivity contribution in [1.82, 2.24) is 0 Å². The van der Waals surface area contributed by atoms with Gasteiger partial charge in [-0.25, -0.2) is 0 Å². The van der Waals surface area contributed by atoms with Crippen molar-refractivity contribution in [1.29, 1.82) is 0 Å². The summed E-state index contributed by atoms with van der Waals surface area (Å²) >= 11 is 1.33. The molecule has 0 atom stereocenters. The number of nitrogens with zero attached hydrogens (tertiary/aromatic N) is 1. The van der Waals surface area contributed by atoms with Gasteiger partial charge in [-0.1, -0.05) is 12.1 Å². The Morgan fingerprint density at radius 2 is 1.78 bits per heavy atom. The maximum absolute atomic E-state index is 11.9. The van der Waals surface area contributed by atoms with Gasteiger partial charge >= 0.3 is 5.97 Å². The number of hydrogen-bond donors (Lipinski definition) is 1. The van der Waals surface area contributed by atoms with Gasteiger partial charge in [-0.15, -0.1) is 11.8 Å². The fourth-order valence-corrected chi connectivity index (χ4v) is 2.97. The van der Waals surface area contributed by atoms with Crippen LogP contribution in [-0.2, 0) is 14.3 Å². The second kappa shape index (κ2) is 9.18. The molecule has 27 heavy (non-hydrogen) atoms. The molecule has 2 rings (SSSR count). The zero-order chi connectivity index (χ0) is 20.0. The average molecular weight is 388 g/mol. The number of non-ortho nitro benzene ring substituents is 1. The molecule has 0 saturated heterocycles. The highest BCUT2D eigenvalue weighted by atomic mass is 32.2. The Bertz CT molecular complexity index is 882. The highest BCUT2D eigenvalue weighted by molar-refractivity contribution is 8.00. The van der Waals surface area contributed by atoms with E-state index in [0.29, 0.717) is 11.3 Å². The molecule has 2 aromatic rings. The number of aryl methyl sites for hydroxylation is 3. The molecule has 0 fully saturated rings. The van der Waals surface area contributed by atoms with Crippen LogP contribution in [0.3, 0.4) is 0 Å². The van der Waals surface area contributed by atoms with Crippen LogP contribution in [0.1, 0.15) is 16.7 Å². The summed E-state index contributed by atoms with van der Waals surface area (Å²) in [6, 6.07) is 10.1. The average Bonchev–Trinajstić information content (AvgIpc) is 2.62. The molecule has 0 bridgehead atoms. The second-order valence-electron chi connectivity index (χ2n) is 6.00. The first-order valence-corrected chi connectivity index (χ1v) is 9.15. The lowest BCUT2D eigenvalue weighted by Crippen LogP contribution is -2.22. The van der Waals surface area contributed by atoms with Gasteiger partial charge in [0, 0.05) is 17.0 Å². The van der Waals surface area contributed by atoms with Crippen LogP contribution in [0.2, 0.25) is 0 Å². The molecule has 0 aliphatic carbocycles. The van der Waals surface area contributed by atoms with Gasteiger partial charge in [0.2, 0.25) is 0 Å². The summed E-state index contributed by atoms with van der Waals surface area (Å²) in [5.41, 5.74) is 3.17. The summed E-state index contributed by atoms with van der Waals surface area (Å²) < 4.78 is 4.96. The number of nitro groups is 1. The standard InChI is InChI=1S/C19H20N2O5S/c1-12-5-7-16(8-14(12)3)27-11-19(23)26-10-18(22)20-17-9-15(21(24)25)6-4-13(17)2/h4-9H,10-11H2,1-3H3,(H,20,22). The van der Waals surface area contributed by atoms with Gasteiger partial charge in [-0.3, -0.25) is 19.7 Å². The molecule has 142 valence electrons. The third-order valence-electron chi connectivity index (χ3n) is 3.91. The van der Waals surface area contributed by atoms with Crippen LogP contribution >= 0.6 is 11.8 Å². The zero-order valence-electron chi connectivity index (χ0n) is 15.3. The van der Waals surface area contributed by atoms with E-state index in [1.165, 1.54) is 29.5 Å². The van der Waals surface area contributed by atoms with Crippen LogP contribution in [0.4, 0.5) is 11.4 Å². The topological polar surface area (TPSA) is 98.5 Å². The van der Waals surface area contributed by atoms with E-state index in [9.17, 15) is 19.7 Å². The van der Waals surface area contributed by atoms with E-state index in [0.717, 1.165) is 10.5 Å². The molecule has 0 aliphatic heterocycles. The summed E-state index contributed by atoms with van der Waals surface area (Å²) in [6.07, 6.45) is 0. The maximum atomic E-state index is 11.9. The van der Waals surface area contributed by atoms with Gasteiger partial charge in [0.25, 0.3) is 11.6 Å². The van der Waals surface area contributed by atoms with Crippen LogP contribution in [0.15, 0.2) is 41.3 Å². The lowest BCUT2D eigenvalue weighted by atomic mass is 10.1. The number of benzene rings is 2. The van der Waals surface area contributed by atoms with Crippen LogP contribution in [0.5, 0.6) is 0 Å². The number of hydrogen-bond acceptors (Lipinski definition) is 6. The number of thioether (sulfide) groups is 1. The summed E-state index contributed by atoms with van der Waals surface area (Å²) in [6.45, 7) is 5.28. The molecule has 0 spiro atoms. The molecule has 0 radical (unpaired) electrons. The van der Waals surface area contributed by atoms with Crippen molar-refractivity contribution in [3.8, 4) is 0 Å². The first-order valence-electron chi connectivity index (χ1n) is 8.17. The highest BCUT2D eigenvalue weighted by Gasteiger charge is 2.13. The number of carbonyl (C=O) groups is 2. The largest absolute Gasteiger partial charge is 0.455 e. The minimum absolute atomic E-state index is 0.0889. The summed E-state index contributed by atoms with van der Waals surface area (Å²) in [5.74, 6) is -0.974. The van der Waals surface area contributed by atoms with Gasteiger partial charge < -0.3 is 10.1 Å². The predicted octanol–water partition coefficient (Wildman–Crippen LogP) is 3.79. The normalized spacial score (nSPS) is 10.3. The Kier molecular flexibility index (Phi) is 6.95. The fraction of sp³-hybridized carbons (Fsp3) is 0.263. The first-order chi connectivity index (χ1) is 12.8. The molecular formula is C19H20N2O5S. The lowest BCUT2D eigenvalue weighted by Gasteiger charge is -2.09. The van der Waals surface area contributed by atoms with Crippen LogP contribution in [-0.4, -0.2) is 29.2 Å². The van der Waals surface area contributed by atoms with Crippen molar-refractivity contribution in [3.05, 3.63) is 63.2 Å². The van der Waals surface area contributed by atoms with Crippen molar-refractivity contribution in [2.24, 2.45) is 0 Å². The van der Waals surface area contributed by atoms with E-state index >= 15 is 0 Å². The van der Waals surface area contributed by atoms with E-state index in [1.807, 2.05) is 32.0 Å². The van der Waals surface area contributed by atoms with Gasteiger partial charge in [0.1, 0.15) is 0 Å². The molecular weight excluding hydrogens is 368 g/mol. The Balaban J connectivity index is 1.82. The van der Waals surface area contributed by atoms with Crippen molar-refractivity contribution in [2.45, 2.75) is 25.7 Å². The zero-order valence-corrected chi connectivity index (χ0v) is 16.1. The molecule has 1 amide bonds. The van der Waals surface area contributed by atoms with Crippen LogP contribution < -0.4 is 5.32 Å². The number of nitro benzene ring substituents is 1. The SMILES string of the molecule is Cc1ccc(SCC(=O)OCC(=O)Nc2cc([N+](=O)[O-])ccc2C)cc1C. The molecule has 0 saturated carbocycles. The number of amides is 1. The van der Waals surface area contributed by atoms with E-state index in [-0.39, 0.29) is 11.4 Å². The van der Waals surface area contributed by atoms with Crippen molar-refractivity contribution in [2.75, 3.05) is 17.7 Å². The van der Waals surface area contributed by atoms with E-state index < -0.39 is 23.4 Å². The Labute approximate surface area is 161 Å². The molecule has 2 aromatic carbocycles. The number of ether oxygens (including phenoxy) is 1. The third-order valence-corrected chi connectivity index (χ3v) is 4.87. The lowest BCUT2D eigenvalue weighted by molar-refractivity contribution is -0.384. The highest BCUT2D eigenvalue weighted by Crippen LogP contribution is 2.22. The number of nitrogens with one attached hydrogen (secondary N) is 1. The maximum Gasteiger partial charge on any atom is 0.316 e. The van der Waals surface area contributed by atoms with E-state index in [4.69, 9.17) is 4.74 Å². The van der Waals surface area contributed by atoms with Gasteiger partial charge in [-0.05, 0) is 49.6 Å². The summed E-state index contributed by atoms with van der Waals surface area (Å²) in [4.78, 5) is 35.0. The van der Waals surface area contributed by atoms with Gasteiger partial charge in [0.05, 0.1) is 16.4 Å². The summed E-state index contributed by atoms with van der Waals surface area (Å²) in [7, 11) is 0.